The molecule has 0 bridgehead atoms. The van der Waals surface area contributed by atoms with Gasteiger partial charge in [-0.3, -0.25) is 0 Å². The predicted molar refractivity (Wildman–Crippen MR) is 65.3 cm³/mol. The Morgan fingerprint density at radius 1 is 1.06 bits per heavy atom. The van der Waals surface area contributed by atoms with Gasteiger partial charge in [-0.2, -0.15) is 0 Å². The number of rotatable bonds is 3. The van der Waals surface area contributed by atoms with Gasteiger partial charge in [-0.25, -0.2) is 4.98 Å². The van der Waals surface area contributed by atoms with E-state index in [0.29, 0.717) is 17.1 Å². The molecule has 0 spiro atoms. The molecule has 0 saturated heterocycles. The summed E-state index contributed by atoms with van der Waals surface area (Å²) in [7, 11) is -1.50. The van der Waals surface area contributed by atoms with Crippen LogP contribution in [0.3, 0.4) is 0 Å². The van der Waals surface area contributed by atoms with Crippen molar-refractivity contribution in [2.75, 3.05) is 0 Å². The summed E-state index contributed by atoms with van der Waals surface area (Å²) >= 11 is 0. The highest BCUT2D eigenvalue weighted by Crippen LogP contribution is 2.18. The second kappa shape index (κ2) is 4.99. The second-order valence-corrected chi connectivity index (χ2v) is 3.72. The van der Waals surface area contributed by atoms with Crippen molar-refractivity contribution in [2.24, 2.45) is 0 Å². The third-order valence-corrected chi connectivity index (χ3v) is 2.30. The number of nitrogens with zero attached hydrogens (tertiary/aromatic N) is 1. The van der Waals surface area contributed by atoms with Gasteiger partial charge < -0.3 is 14.8 Å². The number of hydrogen-bond donors (Lipinski definition) is 2. The summed E-state index contributed by atoms with van der Waals surface area (Å²) in [5, 5.41) is 17.8. The third kappa shape index (κ3) is 3.06. The lowest BCUT2D eigenvalue weighted by Crippen LogP contribution is -2.29. The fourth-order valence-electron chi connectivity index (χ4n) is 1.33. The van der Waals surface area contributed by atoms with E-state index in [4.69, 9.17) is 14.8 Å². The Bertz CT molecular complexity index is 482. The topological polar surface area (TPSA) is 62.6 Å². The number of aromatic nitrogens is 1. The maximum atomic E-state index is 8.91. The van der Waals surface area contributed by atoms with Crippen molar-refractivity contribution < 1.29 is 14.8 Å². The zero-order valence-electron chi connectivity index (χ0n) is 9.37. The van der Waals surface area contributed by atoms with Gasteiger partial charge in [-0.05, 0) is 19.1 Å². The molecule has 2 N–H and O–H groups in total. The number of benzene rings is 1. The van der Waals surface area contributed by atoms with Crippen LogP contribution >= 0.6 is 0 Å². The molecule has 1 aromatic heterocycles. The minimum atomic E-state index is -1.50. The van der Waals surface area contributed by atoms with Crippen molar-refractivity contribution in [3.63, 3.8) is 0 Å². The highest BCUT2D eigenvalue weighted by Gasteiger charge is 2.10. The fourth-order valence-corrected chi connectivity index (χ4v) is 1.33. The first-order valence-corrected chi connectivity index (χ1v) is 5.22. The zero-order chi connectivity index (χ0) is 12.3. The van der Waals surface area contributed by atoms with Crippen molar-refractivity contribution >= 4 is 12.6 Å². The average Bonchev–Trinajstić information content (AvgIpc) is 2.33. The monoisotopic (exact) mass is 229 g/mol. The second-order valence-electron chi connectivity index (χ2n) is 3.72. The molecule has 5 heteroatoms. The Kier molecular flexibility index (Phi) is 3.42. The van der Waals surface area contributed by atoms with Gasteiger partial charge in [0, 0.05) is 17.7 Å². The summed E-state index contributed by atoms with van der Waals surface area (Å²) in [6.07, 6.45) is 1.37. The van der Waals surface area contributed by atoms with Crippen molar-refractivity contribution in [3.8, 4) is 11.6 Å². The minimum absolute atomic E-state index is 0.334. The standard InChI is InChI=1S/C12H12BNO3/c1-9-2-5-11(6-3-9)17-12-7-4-10(8-14-12)13(15)16/h2-8,15-16H,1H3. The molecule has 1 heterocycles. The molecule has 0 aliphatic heterocycles. The lowest BCUT2D eigenvalue weighted by Gasteiger charge is -2.05. The molecular formula is C12H12BNO3. The van der Waals surface area contributed by atoms with E-state index in [1.54, 1.807) is 12.1 Å². The number of aryl methyl sites for hydroxylation is 1. The molecule has 0 atom stereocenters. The molecule has 17 heavy (non-hydrogen) atoms. The predicted octanol–water partition coefficient (Wildman–Crippen LogP) is 0.862. The van der Waals surface area contributed by atoms with E-state index in [1.807, 2.05) is 31.2 Å². The average molecular weight is 229 g/mol. The summed E-state index contributed by atoms with van der Waals surface area (Å²) in [5.74, 6) is 1.11. The molecule has 0 aliphatic carbocycles. The van der Waals surface area contributed by atoms with Gasteiger partial charge in [0.25, 0.3) is 0 Å². The van der Waals surface area contributed by atoms with Gasteiger partial charge in [0.15, 0.2) is 0 Å². The Morgan fingerprint density at radius 3 is 2.29 bits per heavy atom. The van der Waals surface area contributed by atoms with Crippen LogP contribution in [0, 0.1) is 6.92 Å². The molecule has 0 radical (unpaired) electrons. The van der Waals surface area contributed by atoms with E-state index in [-0.39, 0.29) is 0 Å². The van der Waals surface area contributed by atoms with Crippen LogP contribution in [0.4, 0.5) is 0 Å². The van der Waals surface area contributed by atoms with Gasteiger partial charge in [0.05, 0.1) is 0 Å². The van der Waals surface area contributed by atoms with E-state index < -0.39 is 7.12 Å². The summed E-state index contributed by atoms with van der Waals surface area (Å²) in [4.78, 5) is 3.98. The number of hydrogen-bond acceptors (Lipinski definition) is 4. The van der Waals surface area contributed by atoms with Gasteiger partial charge >= 0.3 is 7.12 Å². The lowest BCUT2D eigenvalue weighted by atomic mass is 9.82. The van der Waals surface area contributed by atoms with Crippen molar-refractivity contribution in [1.29, 1.82) is 0 Å². The largest absolute Gasteiger partial charge is 0.490 e. The Hall–Kier alpha value is -1.85. The van der Waals surface area contributed by atoms with Crippen LogP contribution in [-0.4, -0.2) is 22.2 Å². The molecular weight excluding hydrogens is 217 g/mol. The van der Waals surface area contributed by atoms with Crippen LogP contribution in [0.15, 0.2) is 42.6 Å². The Labute approximate surface area is 99.7 Å². The smallest absolute Gasteiger partial charge is 0.439 e. The van der Waals surface area contributed by atoms with Crippen molar-refractivity contribution in [1.82, 2.24) is 4.98 Å². The molecule has 0 aliphatic rings. The van der Waals surface area contributed by atoms with Crippen molar-refractivity contribution in [3.05, 3.63) is 48.2 Å². The minimum Gasteiger partial charge on any atom is -0.439 e. The normalized spacial score (nSPS) is 10.1. The Morgan fingerprint density at radius 2 is 1.76 bits per heavy atom. The Balaban J connectivity index is 2.11. The van der Waals surface area contributed by atoms with Crippen LogP contribution in [0.1, 0.15) is 5.56 Å². The molecule has 1 aromatic carbocycles. The van der Waals surface area contributed by atoms with Crippen LogP contribution in [0.5, 0.6) is 11.6 Å². The number of pyridine rings is 1. The first kappa shape index (κ1) is 11.6. The molecule has 0 unspecified atom stereocenters. The van der Waals surface area contributed by atoms with Crippen LogP contribution in [0.2, 0.25) is 0 Å². The molecule has 86 valence electrons. The van der Waals surface area contributed by atoms with Gasteiger partial charge in [-0.1, -0.05) is 23.8 Å². The summed E-state index contributed by atoms with van der Waals surface area (Å²) in [5.41, 5.74) is 1.49. The van der Waals surface area contributed by atoms with E-state index in [0.717, 1.165) is 5.56 Å². The lowest BCUT2D eigenvalue weighted by molar-refractivity contribution is 0.425. The highest BCUT2D eigenvalue weighted by atomic mass is 16.5. The molecule has 0 saturated carbocycles. The summed E-state index contributed by atoms with van der Waals surface area (Å²) in [6, 6.07) is 10.7. The van der Waals surface area contributed by atoms with Crippen LogP contribution in [0.25, 0.3) is 0 Å². The van der Waals surface area contributed by atoms with Gasteiger partial charge in [-0.15, -0.1) is 0 Å². The maximum Gasteiger partial charge on any atom is 0.490 e. The zero-order valence-corrected chi connectivity index (χ0v) is 9.37. The van der Waals surface area contributed by atoms with Crippen molar-refractivity contribution in [2.45, 2.75) is 6.92 Å². The van der Waals surface area contributed by atoms with Crippen LogP contribution in [-0.2, 0) is 0 Å². The molecule has 4 nitrogen and oxygen atoms in total. The van der Waals surface area contributed by atoms with E-state index >= 15 is 0 Å². The molecule has 0 amide bonds. The molecule has 2 aromatic rings. The van der Waals surface area contributed by atoms with Gasteiger partial charge in [0.2, 0.25) is 5.88 Å². The highest BCUT2D eigenvalue weighted by molar-refractivity contribution is 6.58. The van der Waals surface area contributed by atoms with Gasteiger partial charge in [0.1, 0.15) is 5.75 Å². The maximum absolute atomic E-state index is 8.91. The SMILES string of the molecule is Cc1ccc(Oc2ccc(B(O)O)cn2)cc1. The molecule has 2 rings (SSSR count). The quantitative estimate of drug-likeness (QED) is 0.766. The summed E-state index contributed by atoms with van der Waals surface area (Å²) in [6.45, 7) is 2.00. The number of ether oxygens (including phenoxy) is 1. The first-order valence-electron chi connectivity index (χ1n) is 5.22. The fraction of sp³-hybridized carbons (Fsp3) is 0.0833. The summed E-state index contributed by atoms with van der Waals surface area (Å²) < 4.78 is 5.49. The van der Waals surface area contributed by atoms with Crippen LogP contribution < -0.4 is 10.2 Å². The first-order chi connectivity index (χ1) is 8.15. The van der Waals surface area contributed by atoms with E-state index in [9.17, 15) is 0 Å². The van der Waals surface area contributed by atoms with E-state index in [2.05, 4.69) is 4.98 Å². The van der Waals surface area contributed by atoms with E-state index in [1.165, 1.54) is 6.20 Å². The third-order valence-electron chi connectivity index (χ3n) is 2.30. The molecule has 0 fully saturated rings.